The Morgan fingerprint density at radius 3 is 2.59 bits per heavy atom. The molecule has 1 heterocycles. The van der Waals surface area contributed by atoms with E-state index in [0.717, 1.165) is 11.3 Å². The molecule has 27 heavy (non-hydrogen) atoms. The number of pyridine rings is 1. The van der Waals surface area contributed by atoms with Crippen molar-refractivity contribution in [2.45, 2.75) is 33.2 Å². The molecule has 0 fully saturated rings. The molecule has 0 spiro atoms. The van der Waals surface area contributed by atoms with Gasteiger partial charge in [-0.25, -0.2) is 0 Å². The lowest BCUT2D eigenvalue weighted by Gasteiger charge is -2.18. The molecule has 1 atom stereocenters. The van der Waals surface area contributed by atoms with Crippen LogP contribution in [0.25, 0.3) is 0 Å². The molecule has 0 aliphatic rings. The van der Waals surface area contributed by atoms with E-state index in [1.165, 1.54) is 6.20 Å². The minimum atomic E-state index is -0.729. The maximum absolute atomic E-state index is 10.1. The summed E-state index contributed by atoms with van der Waals surface area (Å²) >= 11 is 0. The zero-order valence-electron chi connectivity index (χ0n) is 15.8. The molecule has 7 nitrogen and oxygen atoms in total. The Morgan fingerprint density at radius 2 is 1.89 bits per heavy atom. The number of ether oxygens (including phenoxy) is 2. The van der Waals surface area contributed by atoms with E-state index in [4.69, 9.17) is 9.47 Å². The lowest BCUT2D eigenvalue weighted by Crippen LogP contribution is -2.34. The molecule has 0 amide bonds. The second-order valence-electron chi connectivity index (χ2n) is 6.28. The van der Waals surface area contributed by atoms with Crippen LogP contribution in [0.4, 0.5) is 0 Å². The molecule has 0 saturated heterocycles. The number of hydrogen-bond donors (Lipinski definition) is 4. The van der Waals surface area contributed by atoms with Gasteiger partial charge in [-0.05, 0) is 25.5 Å². The van der Waals surface area contributed by atoms with E-state index in [1.54, 1.807) is 6.92 Å². The molecular formula is C20H28N2O5. The Hall–Kier alpha value is -2.19. The van der Waals surface area contributed by atoms with Crippen molar-refractivity contribution in [2.75, 3.05) is 26.3 Å². The maximum atomic E-state index is 10.1. The zero-order valence-corrected chi connectivity index (χ0v) is 15.8. The molecule has 148 valence electrons. The van der Waals surface area contributed by atoms with Crippen molar-refractivity contribution in [3.63, 3.8) is 0 Å². The van der Waals surface area contributed by atoms with Gasteiger partial charge in [0.25, 0.3) is 0 Å². The molecule has 0 radical (unpaired) electrons. The number of nitrogens with one attached hydrogen (secondary N) is 1. The summed E-state index contributed by atoms with van der Waals surface area (Å²) in [4.78, 5) is 4.15. The predicted molar refractivity (Wildman–Crippen MR) is 102 cm³/mol. The van der Waals surface area contributed by atoms with Gasteiger partial charge in [-0.1, -0.05) is 18.2 Å². The van der Waals surface area contributed by atoms with Gasteiger partial charge in [0.1, 0.15) is 30.8 Å². The van der Waals surface area contributed by atoms with Crippen LogP contribution in [-0.4, -0.2) is 52.7 Å². The second-order valence-corrected chi connectivity index (χ2v) is 6.28. The number of hydrogen-bond acceptors (Lipinski definition) is 7. The van der Waals surface area contributed by atoms with Gasteiger partial charge in [0.05, 0.1) is 18.9 Å². The number of aromatic nitrogens is 1. The Kier molecular flexibility index (Phi) is 8.47. The van der Waals surface area contributed by atoms with E-state index < -0.39 is 6.10 Å². The number of para-hydroxylation sites is 1. The Balaban J connectivity index is 1.74. The van der Waals surface area contributed by atoms with Gasteiger partial charge in [0, 0.05) is 30.4 Å². The third-order valence-corrected chi connectivity index (χ3v) is 4.16. The number of aryl methyl sites for hydroxylation is 2. The smallest absolute Gasteiger partial charge is 0.146 e. The van der Waals surface area contributed by atoms with Crippen LogP contribution in [0.5, 0.6) is 11.5 Å². The first-order valence-corrected chi connectivity index (χ1v) is 8.95. The molecule has 1 aromatic carbocycles. The highest BCUT2D eigenvalue weighted by atomic mass is 16.5. The first kappa shape index (κ1) is 21.1. The van der Waals surface area contributed by atoms with Crippen molar-refractivity contribution in [2.24, 2.45) is 0 Å². The van der Waals surface area contributed by atoms with Gasteiger partial charge in [-0.3, -0.25) is 4.98 Å². The van der Waals surface area contributed by atoms with E-state index in [1.807, 2.05) is 31.2 Å². The van der Waals surface area contributed by atoms with E-state index in [9.17, 15) is 15.3 Å². The lowest BCUT2D eigenvalue weighted by atomic mass is 10.1. The quantitative estimate of drug-likeness (QED) is 0.435. The number of aliphatic hydroxyl groups is 3. The summed E-state index contributed by atoms with van der Waals surface area (Å²) in [6, 6.07) is 7.81. The van der Waals surface area contributed by atoms with E-state index >= 15 is 0 Å². The van der Waals surface area contributed by atoms with Crippen molar-refractivity contribution in [3.8, 4) is 11.5 Å². The van der Waals surface area contributed by atoms with Gasteiger partial charge in [-0.2, -0.15) is 0 Å². The first-order valence-electron chi connectivity index (χ1n) is 8.95. The van der Waals surface area contributed by atoms with Gasteiger partial charge in [-0.15, -0.1) is 0 Å². The van der Waals surface area contributed by atoms with Crippen LogP contribution in [0.3, 0.4) is 0 Å². The summed E-state index contributed by atoms with van der Waals surface area (Å²) in [6.45, 7) is 4.73. The SMILES string of the molecule is Cc1ccccc1OCCNCC(O)COc1c(C)ncc(CO)c1CO. The maximum Gasteiger partial charge on any atom is 0.146 e. The Bertz CT molecular complexity index is 724. The van der Waals surface area contributed by atoms with Crippen LogP contribution in [0.1, 0.15) is 22.4 Å². The van der Waals surface area contributed by atoms with Gasteiger partial charge >= 0.3 is 0 Å². The number of aliphatic hydroxyl groups excluding tert-OH is 3. The average molecular weight is 376 g/mol. The van der Waals surface area contributed by atoms with E-state index in [2.05, 4.69) is 10.3 Å². The molecule has 2 rings (SSSR count). The zero-order chi connectivity index (χ0) is 19.6. The number of nitrogens with zero attached hydrogens (tertiary/aromatic N) is 1. The molecule has 0 aliphatic heterocycles. The summed E-state index contributed by atoms with van der Waals surface area (Å²) in [5.41, 5.74) is 2.69. The van der Waals surface area contributed by atoms with Crippen molar-refractivity contribution in [1.29, 1.82) is 0 Å². The fourth-order valence-corrected chi connectivity index (χ4v) is 2.64. The summed E-state index contributed by atoms with van der Waals surface area (Å²) in [5, 5.41) is 32.1. The molecule has 0 saturated carbocycles. The molecule has 4 N–H and O–H groups in total. The van der Waals surface area contributed by atoms with Crippen LogP contribution in [0, 0.1) is 13.8 Å². The summed E-state index contributed by atoms with van der Waals surface area (Å²) < 4.78 is 11.3. The molecule has 0 bridgehead atoms. The molecule has 1 unspecified atom stereocenters. The third kappa shape index (κ3) is 6.18. The third-order valence-electron chi connectivity index (χ3n) is 4.16. The van der Waals surface area contributed by atoms with Crippen molar-refractivity contribution < 1.29 is 24.8 Å². The molecule has 2 aromatic rings. The van der Waals surface area contributed by atoms with Gasteiger partial charge in [0.2, 0.25) is 0 Å². The Morgan fingerprint density at radius 1 is 1.11 bits per heavy atom. The summed E-state index contributed by atoms with van der Waals surface area (Å²) in [5.74, 6) is 1.26. The standard InChI is InChI=1S/C20H28N2O5/c1-14-5-3-4-6-19(14)26-8-7-21-10-17(25)13-27-20-15(2)22-9-16(11-23)18(20)12-24/h3-6,9,17,21,23-25H,7-8,10-13H2,1-2H3. The highest BCUT2D eigenvalue weighted by molar-refractivity contribution is 5.41. The van der Waals surface area contributed by atoms with Crippen LogP contribution < -0.4 is 14.8 Å². The van der Waals surface area contributed by atoms with Crippen LogP contribution in [-0.2, 0) is 13.2 Å². The van der Waals surface area contributed by atoms with Crippen molar-refractivity contribution >= 4 is 0 Å². The lowest BCUT2D eigenvalue weighted by molar-refractivity contribution is 0.103. The minimum Gasteiger partial charge on any atom is -0.492 e. The minimum absolute atomic E-state index is 0.0516. The van der Waals surface area contributed by atoms with Gasteiger partial charge in [0.15, 0.2) is 0 Å². The first-order chi connectivity index (χ1) is 13.1. The van der Waals surface area contributed by atoms with Crippen LogP contribution in [0.2, 0.25) is 0 Å². The number of benzene rings is 1. The summed E-state index contributed by atoms with van der Waals surface area (Å²) in [7, 11) is 0. The fourth-order valence-electron chi connectivity index (χ4n) is 2.64. The summed E-state index contributed by atoms with van der Waals surface area (Å²) in [6.07, 6.45) is 0.785. The average Bonchev–Trinajstić information content (AvgIpc) is 2.67. The molecule has 0 aliphatic carbocycles. The Labute approximate surface area is 159 Å². The highest BCUT2D eigenvalue weighted by Crippen LogP contribution is 2.25. The predicted octanol–water partition coefficient (Wildman–Crippen LogP) is 1.09. The molecular weight excluding hydrogens is 348 g/mol. The van der Waals surface area contributed by atoms with Crippen LogP contribution >= 0.6 is 0 Å². The molecule has 7 heteroatoms. The van der Waals surface area contributed by atoms with Gasteiger partial charge < -0.3 is 30.1 Å². The fraction of sp³-hybridized carbons (Fsp3) is 0.450. The second kappa shape index (κ2) is 10.8. The normalized spacial score (nSPS) is 12.0. The number of rotatable bonds is 11. The van der Waals surface area contributed by atoms with Crippen LogP contribution in [0.15, 0.2) is 30.5 Å². The largest absolute Gasteiger partial charge is 0.492 e. The molecule has 1 aromatic heterocycles. The topological polar surface area (TPSA) is 104 Å². The van der Waals surface area contributed by atoms with E-state index in [-0.39, 0.29) is 19.8 Å². The highest BCUT2D eigenvalue weighted by Gasteiger charge is 2.14. The van der Waals surface area contributed by atoms with Crippen molar-refractivity contribution in [3.05, 3.63) is 52.8 Å². The van der Waals surface area contributed by atoms with Crippen molar-refractivity contribution in [1.82, 2.24) is 10.3 Å². The van der Waals surface area contributed by atoms with E-state index in [0.29, 0.717) is 42.3 Å². The monoisotopic (exact) mass is 376 g/mol.